The van der Waals surface area contributed by atoms with Gasteiger partial charge in [-0.2, -0.15) is 0 Å². The van der Waals surface area contributed by atoms with Crippen LogP contribution in [0.15, 0.2) is 0 Å². The van der Waals surface area contributed by atoms with Crippen LogP contribution < -0.4 is 0 Å². The van der Waals surface area contributed by atoms with Gasteiger partial charge in [0.2, 0.25) is 0 Å². The van der Waals surface area contributed by atoms with Crippen molar-refractivity contribution in [2.24, 2.45) is 23.7 Å². The highest BCUT2D eigenvalue weighted by Crippen LogP contribution is 2.42. The Morgan fingerprint density at radius 3 is 2.25 bits per heavy atom. The van der Waals surface area contributed by atoms with Crippen molar-refractivity contribution in [3.63, 3.8) is 0 Å². The van der Waals surface area contributed by atoms with Crippen LogP contribution in [-0.4, -0.2) is 11.2 Å². The number of aliphatic hydroxyl groups is 1. The molecule has 0 aromatic carbocycles. The van der Waals surface area contributed by atoms with E-state index in [-0.39, 0.29) is 6.10 Å². The SMILES string of the molecule is CC(C)C1CCC(O)C(C2CCCCC2)C1. The number of aliphatic hydroxyl groups excluding tert-OH is 1. The molecule has 0 aromatic rings. The van der Waals surface area contributed by atoms with Crippen LogP contribution in [0.5, 0.6) is 0 Å². The average molecular weight is 224 g/mol. The van der Waals surface area contributed by atoms with Crippen molar-refractivity contribution in [2.75, 3.05) is 0 Å². The van der Waals surface area contributed by atoms with E-state index in [2.05, 4.69) is 13.8 Å². The van der Waals surface area contributed by atoms with E-state index in [0.717, 1.165) is 24.2 Å². The summed E-state index contributed by atoms with van der Waals surface area (Å²) in [5.74, 6) is 3.14. The molecule has 0 bridgehead atoms. The fraction of sp³-hybridized carbons (Fsp3) is 1.00. The second-order valence-electron chi connectivity index (χ2n) is 6.45. The van der Waals surface area contributed by atoms with Crippen molar-refractivity contribution in [2.45, 2.75) is 71.3 Å². The molecule has 0 aromatic heterocycles. The molecule has 1 N–H and O–H groups in total. The van der Waals surface area contributed by atoms with Crippen molar-refractivity contribution in [3.8, 4) is 0 Å². The summed E-state index contributed by atoms with van der Waals surface area (Å²) in [6.07, 6.45) is 10.6. The summed E-state index contributed by atoms with van der Waals surface area (Å²) >= 11 is 0. The predicted molar refractivity (Wildman–Crippen MR) is 68.3 cm³/mol. The lowest BCUT2D eigenvalue weighted by Crippen LogP contribution is -2.36. The van der Waals surface area contributed by atoms with Gasteiger partial charge in [0.25, 0.3) is 0 Å². The minimum Gasteiger partial charge on any atom is -0.393 e. The number of hydrogen-bond donors (Lipinski definition) is 1. The van der Waals surface area contributed by atoms with Crippen LogP contribution in [-0.2, 0) is 0 Å². The van der Waals surface area contributed by atoms with Crippen molar-refractivity contribution in [1.29, 1.82) is 0 Å². The molecule has 2 aliphatic carbocycles. The molecule has 94 valence electrons. The summed E-state index contributed by atoms with van der Waals surface area (Å²) in [5, 5.41) is 10.2. The van der Waals surface area contributed by atoms with E-state index in [9.17, 15) is 5.11 Å². The summed E-state index contributed by atoms with van der Waals surface area (Å²) in [6, 6.07) is 0. The Balaban J connectivity index is 1.94. The third-order valence-electron chi connectivity index (χ3n) is 5.10. The average Bonchev–Trinajstić information content (AvgIpc) is 2.30. The smallest absolute Gasteiger partial charge is 0.0571 e. The maximum atomic E-state index is 10.2. The predicted octanol–water partition coefficient (Wildman–Crippen LogP) is 4.00. The van der Waals surface area contributed by atoms with Crippen LogP contribution in [0.2, 0.25) is 0 Å². The Kier molecular flexibility index (Phi) is 4.29. The van der Waals surface area contributed by atoms with Gasteiger partial charge in [0.05, 0.1) is 6.10 Å². The number of rotatable bonds is 2. The molecule has 0 aliphatic heterocycles. The maximum Gasteiger partial charge on any atom is 0.0571 e. The molecule has 2 rings (SSSR count). The Bertz CT molecular complexity index is 205. The van der Waals surface area contributed by atoms with Gasteiger partial charge in [-0.1, -0.05) is 46.0 Å². The summed E-state index contributed by atoms with van der Waals surface area (Å²) in [4.78, 5) is 0. The molecule has 1 heteroatoms. The van der Waals surface area contributed by atoms with Crippen LogP contribution in [0.3, 0.4) is 0 Å². The zero-order valence-electron chi connectivity index (χ0n) is 11.0. The van der Waals surface area contributed by atoms with Gasteiger partial charge in [0.1, 0.15) is 0 Å². The first-order chi connectivity index (χ1) is 7.68. The lowest BCUT2D eigenvalue weighted by molar-refractivity contribution is -0.00151. The van der Waals surface area contributed by atoms with Gasteiger partial charge >= 0.3 is 0 Å². The van der Waals surface area contributed by atoms with E-state index in [4.69, 9.17) is 0 Å². The minimum atomic E-state index is 0.0121. The quantitative estimate of drug-likeness (QED) is 0.751. The second-order valence-corrected chi connectivity index (χ2v) is 6.45. The van der Waals surface area contributed by atoms with Crippen molar-refractivity contribution in [1.82, 2.24) is 0 Å². The van der Waals surface area contributed by atoms with Crippen molar-refractivity contribution >= 4 is 0 Å². The molecule has 2 fully saturated rings. The van der Waals surface area contributed by atoms with Gasteiger partial charge in [-0.3, -0.25) is 0 Å². The second kappa shape index (κ2) is 5.53. The number of hydrogen-bond acceptors (Lipinski definition) is 1. The molecule has 0 spiro atoms. The van der Waals surface area contributed by atoms with E-state index in [1.54, 1.807) is 0 Å². The first kappa shape index (κ1) is 12.4. The Morgan fingerprint density at radius 2 is 1.62 bits per heavy atom. The Morgan fingerprint density at radius 1 is 0.938 bits per heavy atom. The van der Waals surface area contributed by atoms with E-state index in [0.29, 0.717) is 5.92 Å². The van der Waals surface area contributed by atoms with Crippen molar-refractivity contribution in [3.05, 3.63) is 0 Å². The van der Waals surface area contributed by atoms with E-state index in [1.165, 1.54) is 44.9 Å². The van der Waals surface area contributed by atoms with E-state index >= 15 is 0 Å². The molecule has 2 aliphatic rings. The standard InChI is InChI=1S/C15H28O/c1-11(2)13-8-9-15(16)14(10-13)12-6-4-3-5-7-12/h11-16H,3-10H2,1-2H3. The molecular weight excluding hydrogens is 196 g/mol. The molecule has 16 heavy (non-hydrogen) atoms. The van der Waals surface area contributed by atoms with Crippen molar-refractivity contribution < 1.29 is 5.11 Å². The van der Waals surface area contributed by atoms with Gasteiger partial charge in [0, 0.05) is 0 Å². The van der Waals surface area contributed by atoms with Crippen LogP contribution >= 0.6 is 0 Å². The molecule has 0 radical (unpaired) electrons. The molecule has 2 saturated carbocycles. The Hall–Kier alpha value is -0.0400. The summed E-state index contributed by atoms with van der Waals surface area (Å²) in [7, 11) is 0. The zero-order chi connectivity index (χ0) is 11.5. The first-order valence-electron chi connectivity index (χ1n) is 7.36. The highest BCUT2D eigenvalue weighted by atomic mass is 16.3. The van der Waals surface area contributed by atoms with Gasteiger partial charge in [-0.25, -0.2) is 0 Å². The Labute approximate surface area is 101 Å². The lowest BCUT2D eigenvalue weighted by atomic mass is 9.67. The maximum absolute atomic E-state index is 10.2. The van der Waals surface area contributed by atoms with Gasteiger partial charge in [-0.15, -0.1) is 0 Å². The normalized spacial score (nSPS) is 37.9. The van der Waals surface area contributed by atoms with Crippen LogP contribution in [0.25, 0.3) is 0 Å². The fourth-order valence-electron chi connectivity index (χ4n) is 3.90. The monoisotopic (exact) mass is 224 g/mol. The van der Waals surface area contributed by atoms with Gasteiger partial charge in [0.15, 0.2) is 0 Å². The van der Waals surface area contributed by atoms with Crippen LogP contribution in [0.4, 0.5) is 0 Å². The topological polar surface area (TPSA) is 20.2 Å². The largest absolute Gasteiger partial charge is 0.393 e. The van der Waals surface area contributed by atoms with E-state index < -0.39 is 0 Å². The highest BCUT2D eigenvalue weighted by Gasteiger charge is 2.35. The molecule has 1 nitrogen and oxygen atoms in total. The van der Waals surface area contributed by atoms with Gasteiger partial charge < -0.3 is 5.11 Å². The third kappa shape index (κ3) is 2.80. The summed E-state index contributed by atoms with van der Waals surface area (Å²) in [6.45, 7) is 4.70. The minimum absolute atomic E-state index is 0.0121. The first-order valence-corrected chi connectivity index (χ1v) is 7.36. The van der Waals surface area contributed by atoms with Crippen LogP contribution in [0, 0.1) is 23.7 Å². The summed E-state index contributed by atoms with van der Waals surface area (Å²) < 4.78 is 0. The molecule has 0 amide bonds. The molecular formula is C15H28O. The molecule has 3 unspecified atom stereocenters. The summed E-state index contributed by atoms with van der Waals surface area (Å²) in [5.41, 5.74) is 0. The van der Waals surface area contributed by atoms with Gasteiger partial charge in [-0.05, 0) is 42.9 Å². The third-order valence-corrected chi connectivity index (χ3v) is 5.10. The lowest BCUT2D eigenvalue weighted by Gasteiger charge is -2.41. The highest BCUT2D eigenvalue weighted by molar-refractivity contribution is 4.86. The molecule has 0 saturated heterocycles. The van der Waals surface area contributed by atoms with Crippen LogP contribution in [0.1, 0.15) is 65.2 Å². The fourth-order valence-corrected chi connectivity index (χ4v) is 3.90. The molecule has 3 atom stereocenters. The zero-order valence-corrected chi connectivity index (χ0v) is 11.0. The van der Waals surface area contributed by atoms with E-state index in [1.807, 2.05) is 0 Å². The molecule has 0 heterocycles.